The van der Waals surface area contributed by atoms with Crippen molar-refractivity contribution in [1.82, 2.24) is 5.43 Å². The van der Waals surface area contributed by atoms with E-state index in [0.717, 1.165) is 12.1 Å². The van der Waals surface area contributed by atoms with Crippen LogP contribution >= 0.6 is 0 Å². The number of halogens is 2. The van der Waals surface area contributed by atoms with Gasteiger partial charge in [0.15, 0.2) is 17.2 Å². The van der Waals surface area contributed by atoms with E-state index in [1.165, 1.54) is 19.9 Å². The van der Waals surface area contributed by atoms with Crippen LogP contribution in [0.2, 0.25) is 0 Å². The van der Waals surface area contributed by atoms with Crippen LogP contribution in [0, 0.1) is 11.6 Å². The zero-order chi connectivity index (χ0) is 12.3. The first-order chi connectivity index (χ1) is 7.36. The Bertz CT molecular complexity index is 408. The minimum Gasteiger partial charge on any atom is -0.478 e. The number of hydrogen-bond acceptors (Lipinski definition) is 3. The van der Waals surface area contributed by atoms with Crippen LogP contribution in [0.25, 0.3) is 0 Å². The fraction of sp³-hybridized carbons (Fsp3) is 0.300. The Morgan fingerprint density at radius 3 is 2.50 bits per heavy atom. The van der Waals surface area contributed by atoms with Gasteiger partial charge in [0.25, 0.3) is 5.91 Å². The maximum atomic E-state index is 12.9. The van der Waals surface area contributed by atoms with Gasteiger partial charge in [-0.3, -0.25) is 10.2 Å². The molecule has 1 rings (SSSR count). The highest BCUT2D eigenvalue weighted by Crippen LogP contribution is 2.20. The third-order valence-electron chi connectivity index (χ3n) is 1.94. The average Bonchev–Trinajstić information content (AvgIpc) is 2.22. The van der Waals surface area contributed by atoms with Crippen molar-refractivity contribution in [2.45, 2.75) is 19.4 Å². The molecule has 1 amide bonds. The average molecular weight is 230 g/mol. The van der Waals surface area contributed by atoms with Gasteiger partial charge in [0, 0.05) is 6.07 Å². The molecule has 0 aliphatic heterocycles. The molecule has 0 radical (unpaired) electrons. The fourth-order valence-electron chi connectivity index (χ4n) is 1.06. The van der Waals surface area contributed by atoms with Crippen molar-refractivity contribution in [2.75, 3.05) is 0 Å². The molecule has 0 aliphatic rings. The van der Waals surface area contributed by atoms with E-state index in [1.54, 1.807) is 0 Å². The molecule has 0 atom stereocenters. The molecule has 0 unspecified atom stereocenters. The summed E-state index contributed by atoms with van der Waals surface area (Å²) < 4.78 is 30.7. The minimum atomic E-state index is -1.26. The van der Waals surface area contributed by atoms with Gasteiger partial charge in [-0.2, -0.15) is 0 Å². The van der Waals surface area contributed by atoms with Crippen LogP contribution in [0.15, 0.2) is 18.2 Å². The molecule has 0 saturated heterocycles. The summed E-state index contributed by atoms with van der Waals surface area (Å²) in [4.78, 5) is 11.3. The Morgan fingerprint density at radius 2 is 2.00 bits per heavy atom. The fourth-order valence-corrected chi connectivity index (χ4v) is 1.06. The van der Waals surface area contributed by atoms with E-state index in [-0.39, 0.29) is 5.75 Å². The van der Waals surface area contributed by atoms with Crippen LogP contribution in [-0.4, -0.2) is 11.5 Å². The smallest absolute Gasteiger partial charge is 0.277 e. The highest BCUT2D eigenvalue weighted by molar-refractivity contribution is 5.84. The minimum absolute atomic E-state index is 0.0486. The molecule has 0 bridgehead atoms. The molecule has 0 saturated carbocycles. The second kappa shape index (κ2) is 4.44. The maximum Gasteiger partial charge on any atom is 0.277 e. The molecular weight excluding hydrogens is 218 g/mol. The van der Waals surface area contributed by atoms with E-state index >= 15 is 0 Å². The molecule has 0 spiro atoms. The van der Waals surface area contributed by atoms with Crippen molar-refractivity contribution in [3.8, 4) is 5.75 Å². The van der Waals surface area contributed by atoms with Gasteiger partial charge in [-0.05, 0) is 26.0 Å². The monoisotopic (exact) mass is 230 g/mol. The Morgan fingerprint density at radius 1 is 1.38 bits per heavy atom. The number of hydrogen-bond donors (Lipinski definition) is 2. The molecule has 1 aromatic rings. The van der Waals surface area contributed by atoms with Gasteiger partial charge in [0.1, 0.15) is 5.75 Å². The second-order valence-electron chi connectivity index (χ2n) is 3.66. The molecule has 0 fully saturated rings. The molecule has 3 N–H and O–H groups in total. The predicted molar refractivity (Wildman–Crippen MR) is 53.4 cm³/mol. The van der Waals surface area contributed by atoms with E-state index in [9.17, 15) is 13.6 Å². The van der Waals surface area contributed by atoms with Gasteiger partial charge in [0.05, 0.1) is 0 Å². The number of benzene rings is 1. The summed E-state index contributed by atoms with van der Waals surface area (Å²) in [5.41, 5.74) is 0.655. The lowest BCUT2D eigenvalue weighted by atomic mass is 10.1. The van der Waals surface area contributed by atoms with Crippen molar-refractivity contribution in [3.05, 3.63) is 29.8 Å². The number of carbonyl (C=O) groups excluding carboxylic acids is 1. The third-order valence-corrected chi connectivity index (χ3v) is 1.94. The van der Waals surface area contributed by atoms with Crippen LogP contribution in [0.5, 0.6) is 5.75 Å². The Kier molecular flexibility index (Phi) is 3.44. The van der Waals surface area contributed by atoms with E-state index in [4.69, 9.17) is 10.6 Å². The number of hydrazine groups is 1. The van der Waals surface area contributed by atoms with Crippen molar-refractivity contribution in [1.29, 1.82) is 0 Å². The summed E-state index contributed by atoms with van der Waals surface area (Å²) >= 11 is 0. The second-order valence-corrected chi connectivity index (χ2v) is 3.66. The number of amides is 1. The lowest BCUT2D eigenvalue weighted by molar-refractivity contribution is -0.134. The quantitative estimate of drug-likeness (QED) is 0.464. The molecule has 88 valence electrons. The molecule has 16 heavy (non-hydrogen) atoms. The summed E-state index contributed by atoms with van der Waals surface area (Å²) in [6, 6.07) is 3.01. The largest absolute Gasteiger partial charge is 0.478 e. The van der Waals surface area contributed by atoms with E-state index in [2.05, 4.69) is 0 Å². The van der Waals surface area contributed by atoms with Crippen molar-refractivity contribution in [3.63, 3.8) is 0 Å². The number of nitrogens with two attached hydrogens (primary N) is 1. The zero-order valence-corrected chi connectivity index (χ0v) is 8.88. The van der Waals surface area contributed by atoms with Crippen molar-refractivity contribution >= 4 is 5.91 Å². The SMILES string of the molecule is CC(C)(Oc1ccc(F)c(F)c1)C(=O)NN. The topological polar surface area (TPSA) is 64.3 Å². The van der Waals surface area contributed by atoms with Crippen molar-refractivity contribution in [2.24, 2.45) is 5.84 Å². The molecule has 0 aromatic heterocycles. The molecule has 4 nitrogen and oxygen atoms in total. The third kappa shape index (κ3) is 2.66. The van der Waals surface area contributed by atoms with E-state index in [0.29, 0.717) is 0 Å². The summed E-state index contributed by atoms with van der Waals surface area (Å²) in [6.45, 7) is 2.91. The number of nitrogens with one attached hydrogen (secondary N) is 1. The Hall–Kier alpha value is -1.69. The molecular formula is C10H12F2N2O2. The van der Waals surface area contributed by atoms with Crippen LogP contribution in [0.4, 0.5) is 8.78 Å². The summed E-state index contributed by atoms with van der Waals surface area (Å²) in [6.07, 6.45) is 0. The van der Waals surface area contributed by atoms with Crippen molar-refractivity contribution < 1.29 is 18.3 Å². The van der Waals surface area contributed by atoms with Crippen LogP contribution in [0.1, 0.15) is 13.8 Å². The molecule has 0 aliphatic carbocycles. The summed E-state index contributed by atoms with van der Waals surface area (Å²) in [5, 5.41) is 0. The van der Waals surface area contributed by atoms with Crippen LogP contribution < -0.4 is 16.0 Å². The van der Waals surface area contributed by atoms with Gasteiger partial charge in [0.2, 0.25) is 0 Å². The molecule has 1 aromatic carbocycles. The standard InChI is InChI=1S/C10H12F2N2O2/c1-10(2,9(15)14-13)16-6-3-4-7(11)8(12)5-6/h3-5H,13H2,1-2H3,(H,14,15). The first-order valence-corrected chi connectivity index (χ1v) is 4.52. The highest BCUT2D eigenvalue weighted by atomic mass is 19.2. The van der Waals surface area contributed by atoms with Crippen LogP contribution in [-0.2, 0) is 4.79 Å². The Labute approximate surface area is 91.4 Å². The first-order valence-electron chi connectivity index (χ1n) is 4.52. The predicted octanol–water partition coefficient (Wildman–Crippen LogP) is 1.11. The molecule has 6 heteroatoms. The summed E-state index contributed by atoms with van der Waals surface area (Å²) in [5.74, 6) is 2.41. The maximum absolute atomic E-state index is 12.9. The van der Waals surface area contributed by atoms with Gasteiger partial charge < -0.3 is 4.74 Å². The molecule has 0 heterocycles. The Balaban J connectivity index is 2.88. The lowest BCUT2D eigenvalue weighted by Gasteiger charge is -2.24. The van der Waals surface area contributed by atoms with Crippen LogP contribution in [0.3, 0.4) is 0 Å². The van der Waals surface area contributed by atoms with Gasteiger partial charge in [-0.15, -0.1) is 0 Å². The van der Waals surface area contributed by atoms with Gasteiger partial charge >= 0.3 is 0 Å². The van der Waals surface area contributed by atoms with E-state index in [1.807, 2.05) is 5.43 Å². The summed E-state index contributed by atoms with van der Waals surface area (Å²) in [7, 11) is 0. The van der Waals surface area contributed by atoms with Gasteiger partial charge in [-0.25, -0.2) is 14.6 Å². The van der Waals surface area contributed by atoms with Gasteiger partial charge in [-0.1, -0.05) is 0 Å². The number of rotatable bonds is 3. The number of ether oxygens (including phenoxy) is 1. The first kappa shape index (κ1) is 12.4. The zero-order valence-electron chi connectivity index (χ0n) is 8.88. The number of carbonyl (C=O) groups is 1. The highest BCUT2D eigenvalue weighted by Gasteiger charge is 2.29. The lowest BCUT2D eigenvalue weighted by Crippen LogP contribution is -2.49. The normalized spacial score (nSPS) is 11.1. The van der Waals surface area contributed by atoms with E-state index < -0.39 is 23.1 Å².